The number of hydrogen-bond acceptors (Lipinski definition) is 2. The molecular weight excluding hydrogens is 395 g/mol. The van der Waals surface area contributed by atoms with E-state index in [9.17, 15) is 0 Å². The van der Waals surface area contributed by atoms with Gasteiger partial charge in [-0.3, -0.25) is 0 Å². The second kappa shape index (κ2) is 6.08. The van der Waals surface area contributed by atoms with Crippen LogP contribution in [0.2, 0.25) is 0 Å². The first-order chi connectivity index (χ1) is 11.3. The molecule has 0 saturated heterocycles. The third kappa shape index (κ3) is 2.84. The van der Waals surface area contributed by atoms with E-state index in [0.717, 1.165) is 26.3 Å². The molecule has 4 rings (SSSR count). The molecular formula is C20H13IN2. The fourth-order valence-electron chi connectivity index (χ4n) is 2.72. The average Bonchev–Trinajstić information content (AvgIpc) is 2.61. The second-order valence-corrected chi connectivity index (χ2v) is 6.40. The van der Waals surface area contributed by atoms with Gasteiger partial charge in [0.05, 0.1) is 5.69 Å². The van der Waals surface area contributed by atoms with Gasteiger partial charge in [0.25, 0.3) is 0 Å². The molecule has 0 N–H and O–H groups in total. The van der Waals surface area contributed by atoms with Crippen molar-refractivity contribution >= 4 is 33.4 Å². The summed E-state index contributed by atoms with van der Waals surface area (Å²) in [5, 5.41) is 2.38. The molecule has 0 amide bonds. The van der Waals surface area contributed by atoms with Crippen molar-refractivity contribution in [2.45, 2.75) is 0 Å². The van der Waals surface area contributed by atoms with E-state index in [1.807, 2.05) is 24.3 Å². The lowest BCUT2D eigenvalue weighted by Crippen LogP contribution is -1.95. The largest absolute Gasteiger partial charge is 0.228 e. The molecule has 0 fully saturated rings. The van der Waals surface area contributed by atoms with Crippen LogP contribution >= 0.6 is 22.6 Å². The predicted octanol–water partition coefficient (Wildman–Crippen LogP) is 5.57. The first-order valence-electron chi connectivity index (χ1n) is 7.39. The van der Waals surface area contributed by atoms with Gasteiger partial charge in [-0.2, -0.15) is 0 Å². The van der Waals surface area contributed by atoms with Crippen LogP contribution in [0.4, 0.5) is 0 Å². The molecule has 3 aromatic carbocycles. The Balaban J connectivity index is 1.94. The lowest BCUT2D eigenvalue weighted by Gasteiger charge is -2.08. The first kappa shape index (κ1) is 14.3. The molecule has 0 radical (unpaired) electrons. The fraction of sp³-hybridized carbons (Fsp3) is 0. The smallest absolute Gasteiger partial charge is 0.161 e. The summed E-state index contributed by atoms with van der Waals surface area (Å²) in [4.78, 5) is 9.46. The number of aromatic nitrogens is 2. The molecule has 0 unspecified atom stereocenters. The van der Waals surface area contributed by atoms with E-state index in [1.54, 1.807) is 0 Å². The maximum atomic E-state index is 4.81. The number of hydrogen-bond donors (Lipinski definition) is 0. The predicted molar refractivity (Wildman–Crippen MR) is 103 cm³/mol. The molecule has 3 heteroatoms. The van der Waals surface area contributed by atoms with Crippen LogP contribution in [0.1, 0.15) is 0 Å². The van der Waals surface area contributed by atoms with Crippen LogP contribution in [-0.2, 0) is 0 Å². The van der Waals surface area contributed by atoms with Crippen molar-refractivity contribution in [2.24, 2.45) is 0 Å². The van der Waals surface area contributed by atoms with Crippen molar-refractivity contribution in [1.82, 2.24) is 9.97 Å². The number of benzene rings is 3. The first-order valence-corrected chi connectivity index (χ1v) is 8.47. The van der Waals surface area contributed by atoms with E-state index in [1.165, 1.54) is 10.8 Å². The highest BCUT2D eigenvalue weighted by molar-refractivity contribution is 14.1. The lowest BCUT2D eigenvalue weighted by atomic mass is 10.0. The van der Waals surface area contributed by atoms with E-state index in [0.29, 0.717) is 0 Å². The summed E-state index contributed by atoms with van der Waals surface area (Å²) >= 11 is 2.26. The SMILES string of the molecule is Ic1cc(-c2ccccc2)nc(-c2cccc3ccccc23)n1. The molecule has 0 bridgehead atoms. The Morgan fingerprint density at radius 3 is 2.30 bits per heavy atom. The molecule has 0 spiro atoms. The van der Waals surface area contributed by atoms with Crippen LogP contribution in [0.5, 0.6) is 0 Å². The highest BCUT2D eigenvalue weighted by Crippen LogP contribution is 2.28. The van der Waals surface area contributed by atoms with Gasteiger partial charge in [-0.15, -0.1) is 0 Å². The van der Waals surface area contributed by atoms with Gasteiger partial charge in [0.15, 0.2) is 5.82 Å². The standard InChI is InChI=1S/C20H13IN2/c21-19-13-18(15-8-2-1-3-9-15)22-20(23-19)17-12-6-10-14-7-4-5-11-16(14)17/h1-13H. The maximum Gasteiger partial charge on any atom is 0.161 e. The van der Waals surface area contributed by atoms with Crippen molar-refractivity contribution < 1.29 is 0 Å². The van der Waals surface area contributed by atoms with Crippen LogP contribution in [0, 0.1) is 3.70 Å². The normalized spacial score (nSPS) is 10.8. The number of halogens is 1. The van der Waals surface area contributed by atoms with Gasteiger partial charge in [0.2, 0.25) is 0 Å². The van der Waals surface area contributed by atoms with Crippen molar-refractivity contribution in [2.75, 3.05) is 0 Å². The zero-order valence-corrected chi connectivity index (χ0v) is 14.4. The Morgan fingerprint density at radius 2 is 1.43 bits per heavy atom. The minimum Gasteiger partial charge on any atom is -0.228 e. The fourth-order valence-corrected chi connectivity index (χ4v) is 3.24. The van der Waals surface area contributed by atoms with Gasteiger partial charge in [-0.25, -0.2) is 9.97 Å². The van der Waals surface area contributed by atoms with Crippen molar-refractivity contribution in [3.05, 3.63) is 82.6 Å². The number of fused-ring (bicyclic) bond motifs is 1. The molecule has 0 saturated carbocycles. The van der Waals surface area contributed by atoms with E-state index in [-0.39, 0.29) is 0 Å². The second-order valence-electron chi connectivity index (χ2n) is 5.29. The van der Waals surface area contributed by atoms with Crippen molar-refractivity contribution in [3.8, 4) is 22.6 Å². The van der Waals surface area contributed by atoms with Crippen LogP contribution in [0.25, 0.3) is 33.4 Å². The van der Waals surface area contributed by atoms with Gasteiger partial charge >= 0.3 is 0 Å². The minimum absolute atomic E-state index is 0.771. The van der Waals surface area contributed by atoms with Gasteiger partial charge in [-0.1, -0.05) is 72.8 Å². The third-order valence-corrected chi connectivity index (χ3v) is 4.35. The van der Waals surface area contributed by atoms with Gasteiger partial charge in [-0.05, 0) is 39.4 Å². The van der Waals surface area contributed by atoms with Gasteiger partial charge in [0, 0.05) is 11.1 Å². The summed E-state index contributed by atoms with van der Waals surface area (Å²) in [6, 6.07) is 26.8. The quantitative estimate of drug-likeness (QED) is 0.320. The Hall–Kier alpha value is -2.27. The topological polar surface area (TPSA) is 25.8 Å². The summed E-state index contributed by atoms with van der Waals surface area (Å²) in [7, 11) is 0. The minimum atomic E-state index is 0.771. The summed E-state index contributed by atoms with van der Waals surface area (Å²) < 4.78 is 0.944. The highest BCUT2D eigenvalue weighted by Gasteiger charge is 2.10. The Kier molecular flexibility index (Phi) is 3.79. The summed E-state index contributed by atoms with van der Waals surface area (Å²) in [6.45, 7) is 0. The zero-order chi connectivity index (χ0) is 15.6. The van der Waals surface area contributed by atoms with Crippen molar-refractivity contribution in [1.29, 1.82) is 0 Å². The zero-order valence-electron chi connectivity index (χ0n) is 12.3. The van der Waals surface area contributed by atoms with Crippen LogP contribution in [-0.4, -0.2) is 9.97 Å². The van der Waals surface area contributed by atoms with E-state index < -0.39 is 0 Å². The van der Waals surface area contributed by atoms with Crippen LogP contribution in [0.3, 0.4) is 0 Å². The molecule has 4 aromatic rings. The van der Waals surface area contributed by atoms with E-state index >= 15 is 0 Å². The summed E-state index contributed by atoms with van der Waals surface area (Å²) in [5.74, 6) is 0.771. The maximum absolute atomic E-state index is 4.81. The highest BCUT2D eigenvalue weighted by atomic mass is 127. The molecule has 0 aliphatic heterocycles. The monoisotopic (exact) mass is 408 g/mol. The molecule has 0 atom stereocenters. The third-order valence-electron chi connectivity index (χ3n) is 3.79. The molecule has 0 aliphatic rings. The molecule has 23 heavy (non-hydrogen) atoms. The Morgan fingerprint density at radius 1 is 0.696 bits per heavy atom. The van der Waals surface area contributed by atoms with Gasteiger partial charge in [0.1, 0.15) is 3.70 Å². The van der Waals surface area contributed by atoms with E-state index in [2.05, 4.69) is 82.2 Å². The Bertz CT molecular complexity index is 976. The molecule has 1 aromatic heterocycles. The van der Waals surface area contributed by atoms with E-state index in [4.69, 9.17) is 4.98 Å². The van der Waals surface area contributed by atoms with Crippen LogP contribution in [0.15, 0.2) is 78.9 Å². The van der Waals surface area contributed by atoms with Crippen molar-refractivity contribution in [3.63, 3.8) is 0 Å². The number of nitrogens with zero attached hydrogens (tertiary/aromatic N) is 2. The molecule has 2 nitrogen and oxygen atoms in total. The lowest BCUT2D eigenvalue weighted by molar-refractivity contribution is 1.15. The molecule has 110 valence electrons. The summed E-state index contributed by atoms with van der Waals surface area (Å²) in [6.07, 6.45) is 0. The Labute approximate surface area is 148 Å². The number of rotatable bonds is 2. The molecule has 1 heterocycles. The van der Waals surface area contributed by atoms with Crippen LogP contribution < -0.4 is 0 Å². The van der Waals surface area contributed by atoms with Gasteiger partial charge < -0.3 is 0 Å². The summed E-state index contributed by atoms with van der Waals surface area (Å²) in [5.41, 5.74) is 3.13. The average molecular weight is 408 g/mol. The molecule has 0 aliphatic carbocycles.